The van der Waals surface area contributed by atoms with E-state index in [1.165, 1.54) is 12.1 Å². The van der Waals surface area contributed by atoms with Crippen molar-refractivity contribution in [3.8, 4) is 0 Å². The van der Waals surface area contributed by atoms with Crippen LogP contribution in [0.1, 0.15) is 0 Å². The van der Waals surface area contributed by atoms with Crippen LogP contribution >= 0.6 is 0 Å². The molecular formula is C18H13F2S+. The van der Waals surface area contributed by atoms with Gasteiger partial charge in [0.2, 0.25) is 0 Å². The molecule has 0 saturated carbocycles. The number of rotatable bonds is 3. The van der Waals surface area contributed by atoms with Crippen LogP contribution in [0.25, 0.3) is 0 Å². The molecule has 0 atom stereocenters. The Morgan fingerprint density at radius 1 is 0.524 bits per heavy atom. The molecule has 0 aliphatic rings. The van der Waals surface area contributed by atoms with Gasteiger partial charge in [0.15, 0.2) is 26.3 Å². The molecule has 3 heteroatoms. The van der Waals surface area contributed by atoms with E-state index >= 15 is 0 Å². The molecule has 104 valence electrons. The van der Waals surface area contributed by atoms with Crippen molar-refractivity contribution < 1.29 is 8.78 Å². The highest BCUT2D eigenvalue weighted by Crippen LogP contribution is 2.31. The lowest BCUT2D eigenvalue weighted by molar-refractivity contribution is 0.506. The van der Waals surface area contributed by atoms with Crippen LogP contribution in [0.3, 0.4) is 0 Å². The van der Waals surface area contributed by atoms with E-state index in [0.29, 0.717) is 0 Å². The third-order valence-corrected chi connectivity index (χ3v) is 5.30. The molecule has 0 spiro atoms. The Morgan fingerprint density at radius 2 is 1.05 bits per heavy atom. The number of benzene rings is 3. The minimum Gasteiger partial charge on any atom is -0.204 e. The summed E-state index contributed by atoms with van der Waals surface area (Å²) in [5, 5.41) is 0. The van der Waals surface area contributed by atoms with Crippen LogP contribution < -0.4 is 0 Å². The van der Waals surface area contributed by atoms with E-state index in [0.717, 1.165) is 14.7 Å². The van der Waals surface area contributed by atoms with Crippen molar-refractivity contribution >= 4 is 10.9 Å². The second-order valence-electron chi connectivity index (χ2n) is 4.51. The molecule has 21 heavy (non-hydrogen) atoms. The van der Waals surface area contributed by atoms with E-state index in [9.17, 15) is 8.78 Å². The molecule has 0 fully saturated rings. The van der Waals surface area contributed by atoms with Crippen LogP contribution in [0.4, 0.5) is 8.78 Å². The molecule has 0 aliphatic carbocycles. The van der Waals surface area contributed by atoms with E-state index < -0.39 is 22.5 Å². The van der Waals surface area contributed by atoms with Gasteiger partial charge < -0.3 is 0 Å². The molecule has 0 amide bonds. The van der Waals surface area contributed by atoms with Crippen molar-refractivity contribution in [3.05, 3.63) is 90.5 Å². The maximum Gasteiger partial charge on any atom is 0.169 e. The van der Waals surface area contributed by atoms with Gasteiger partial charge in [0, 0.05) is 6.07 Å². The summed E-state index contributed by atoms with van der Waals surface area (Å²) in [5.41, 5.74) is 0. The van der Waals surface area contributed by atoms with Crippen molar-refractivity contribution in [2.24, 2.45) is 0 Å². The zero-order valence-corrected chi connectivity index (χ0v) is 12.0. The molecule has 3 aromatic rings. The van der Waals surface area contributed by atoms with Crippen LogP contribution in [0.2, 0.25) is 0 Å². The zero-order valence-electron chi connectivity index (χ0n) is 11.2. The summed E-state index contributed by atoms with van der Waals surface area (Å²) in [5.74, 6) is -1.62. The first-order chi connectivity index (χ1) is 10.3. The average molecular weight is 299 g/mol. The average Bonchev–Trinajstić information content (AvgIpc) is 2.53. The van der Waals surface area contributed by atoms with Crippen LogP contribution in [-0.4, -0.2) is 0 Å². The maximum atomic E-state index is 13.6. The summed E-state index contributed by atoms with van der Waals surface area (Å²) in [4.78, 5) is 2.93. The Hall–Kier alpha value is -2.13. The molecule has 0 aliphatic heterocycles. The van der Waals surface area contributed by atoms with Crippen molar-refractivity contribution in [2.45, 2.75) is 14.7 Å². The van der Waals surface area contributed by atoms with Gasteiger partial charge in [0.1, 0.15) is 0 Å². The first-order valence-corrected chi connectivity index (χ1v) is 7.77. The van der Waals surface area contributed by atoms with Gasteiger partial charge in [-0.05, 0) is 36.4 Å². The number of halogens is 2. The highest BCUT2D eigenvalue weighted by atomic mass is 32.2. The smallest absolute Gasteiger partial charge is 0.169 e. The molecular weight excluding hydrogens is 286 g/mol. The zero-order chi connectivity index (χ0) is 14.7. The van der Waals surface area contributed by atoms with Crippen LogP contribution in [0, 0.1) is 11.6 Å². The van der Waals surface area contributed by atoms with Crippen molar-refractivity contribution in [1.82, 2.24) is 0 Å². The summed E-state index contributed by atoms with van der Waals surface area (Å²) in [6.07, 6.45) is 0. The predicted octanol–water partition coefficient (Wildman–Crippen LogP) is 5.06. The fourth-order valence-corrected chi connectivity index (χ4v) is 4.23. The Balaban J connectivity index is 2.14. The Kier molecular flexibility index (Phi) is 4.02. The molecule has 3 aromatic carbocycles. The van der Waals surface area contributed by atoms with Gasteiger partial charge in [0.05, 0.1) is 10.9 Å². The highest BCUT2D eigenvalue weighted by Gasteiger charge is 2.29. The van der Waals surface area contributed by atoms with Gasteiger partial charge in [-0.2, -0.15) is 0 Å². The van der Waals surface area contributed by atoms with Crippen LogP contribution in [0.5, 0.6) is 0 Å². The Bertz CT molecular complexity index is 687. The normalized spacial score (nSPS) is 10.8. The fourth-order valence-electron chi connectivity index (χ4n) is 2.13. The van der Waals surface area contributed by atoms with Crippen LogP contribution in [-0.2, 0) is 10.9 Å². The summed E-state index contributed by atoms with van der Waals surface area (Å²) in [6.45, 7) is 0. The first-order valence-electron chi connectivity index (χ1n) is 6.55. The molecule has 0 radical (unpaired) electrons. The standard InChI is InChI=1S/C18H13F2S/c19-17-12-11-16(13-18(17)20)21(14-7-3-1-4-8-14)15-9-5-2-6-10-15/h1-13H/q+1. The molecule has 0 bridgehead atoms. The first kappa shape index (κ1) is 13.8. The van der Waals surface area contributed by atoms with E-state index in [2.05, 4.69) is 0 Å². The molecule has 0 heterocycles. The lowest BCUT2D eigenvalue weighted by atomic mass is 10.3. The van der Waals surface area contributed by atoms with Gasteiger partial charge in [-0.3, -0.25) is 0 Å². The van der Waals surface area contributed by atoms with Gasteiger partial charge >= 0.3 is 0 Å². The topological polar surface area (TPSA) is 0 Å². The third-order valence-electron chi connectivity index (χ3n) is 3.08. The van der Waals surface area contributed by atoms with Gasteiger partial charge in [-0.1, -0.05) is 36.4 Å². The summed E-state index contributed by atoms with van der Waals surface area (Å²) < 4.78 is 26.8. The van der Waals surface area contributed by atoms with Crippen molar-refractivity contribution in [1.29, 1.82) is 0 Å². The minimum atomic E-state index is -0.816. The Morgan fingerprint density at radius 3 is 1.52 bits per heavy atom. The number of hydrogen-bond acceptors (Lipinski definition) is 0. The second-order valence-corrected chi connectivity index (χ2v) is 6.53. The Labute approximate surface area is 125 Å². The van der Waals surface area contributed by atoms with Crippen molar-refractivity contribution in [2.75, 3.05) is 0 Å². The summed E-state index contributed by atoms with van der Waals surface area (Å²) in [6, 6.07) is 23.9. The van der Waals surface area contributed by atoms with Crippen LogP contribution in [0.15, 0.2) is 93.5 Å². The molecule has 3 rings (SSSR count). The largest absolute Gasteiger partial charge is 0.204 e. The lowest BCUT2D eigenvalue weighted by Gasteiger charge is -2.08. The van der Waals surface area contributed by atoms with Gasteiger partial charge in [-0.25, -0.2) is 8.78 Å². The minimum absolute atomic E-state index is 0.440. The lowest BCUT2D eigenvalue weighted by Crippen LogP contribution is -2.05. The van der Waals surface area contributed by atoms with Gasteiger partial charge in [0.25, 0.3) is 0 Å². The molecule has 0 nitrogen and oxygen atoms in total. The third kappa shape index (κ3) is 2.98. The highest BCUT2D eigenvalue weighted by molar-refractivity contribution is 7.97. The predicted molar refractivity (Wildman–Crippen MR) is 81.4 cm³/mol. The molecule has 0 saturated heterocycles. The number of hydrogen-bond donors (Lipinski definition) is 0. The van der Waals surface area contributed by atoms with E-state index in [-0.39, 0.29) is 0 Å². The van der Waals surface area contributed by atoms with E-state index in [1.807, 2.05) is 60.7 Å². The quantitative estimate of drug-likeness (QED) is 0.593. The summed E-state index contributed by atoms with van der Waals surface area (Å²) >= 11 is 0. The fraction of sp³-hybridized carbons (Fsp3) is 0. The maximum absolute atomic E-state index is 13.6. The van der Waals surface area contributed by atoms with Crippen molar-refractivity contribution in [3.63, 3.8) is 0 Å². The van der Waals surface area contributed by atoms with E-state index in [1.54, 1.807) is 6.07 Å². The SMILES string of the molecule is Fc1ccc([S+](c2ccccc2)c2ccccc2)cc1F. The molecule has 0 unspecified atom stereocenters. The monoisotopic (exact) mass is 299 g/mol. The second kappa shape index (κ2) is 6.10. The summed E-state index contributed by atoms with van der Waals surface area (Å²) in [7, 11) is -0.440. The molecule has 0 aromatic heterocycles. The van der Waals surface area contributed by atoms with Gasteiger partial charge in [-0.15, -0.1) is 0 Å². The van der Waals surface area contributed by atoms with E-state index in [4.69, 9.17) is 0 Å². The molecule has 0 N–H and O–H groups in total.